The number of aromatic nitrogens is 1. The monoisotopic (exact) mass is 383 g/mol. The van der Waals surface area contributed by atoms with Crippen LogP contribution in [-0.2, 0) is 11.3 Å². The lowest BCUT2D eigenvalue weighted by Crippen LogP contribution is -2.48. The number of aliphatic imine (C=N–C) groups is 1. The van der Waals surface area contributed by atoms with Gasteiger partial charge in [0.2, 0.25) is 0 Å². The third-order valence-corrected chi connectivity index (χ3v) is 4.16. The number of rotatable bonds is 8. The molecule has 0 aliphatic carbocycles. The van der Waals surface area contributed by atoms with Crippen molar-refractivity contribution in [3.8, 4) is 0 Å². The van der Waals surface area contributed by atoms with Crippen molar-refractivity contribution in [3.05, 3.63) is 16.1 Å². The third kappa shape index (κ3) is 9.60. The van der Waals surface area contributed by atoms with Crippen molar-refractivity contribution in [3.63, 3.8) is 0 Å². The minimum absolute atomic E-state index is 0.0270. The predicted molar refractivity (Wildman–Crippen MR) is 108 cm³/mol. The minimum atomic E-state index is -0.503. The van der Waals surface area contributed by atoms with E-state index in [9.17, 15) is 4.79 Å². The molecule has 1 aromatic heterocycles. The average molecular weight is 384 g/mol. The molecule has 3 N–H and O–H groups in total. The van der Waals surface area contributed by atoms with Gasteiger partial charge in [0.25, 0.3) is 0 Å². The fraction of sp³-hybridized carbons (Fsp3) is 0.722. The largest absolute Gasteiger partial charge is 0.444 e. The molecule has 8 heteroatoms. The van der Waals surface area contributed by atoms with Gasteiger partial charge in [-0.05, 0) is 41.0 Å². The van der Waals surface area contributed by atoms with Crippen molar-refractivity contribution in [2.45, 2.75) is 72.6 Å². The molecular formula is C18H33N5O2S. The second-order valence-electron chi connectivity index (χ2n) is 7.07. The van der Waals surface area contributed by atoms with Gasteiger partial charge in [0, 0.05) is 30.2 Å². The fourth-order valence-electron chi connectivity index (χ4n) is 2.23. The summed E-state index contributed by atoms with van der Waals surface area (Å²) in [5.74, 6) is 0.715. The summed E-state index contributed by atoms with van der Waals surface area (Å²) >= 11 is 1.65. The van der Waals surface area contributed by atoms with E-state index in [4.69, 9.17) is 4.74 Å². The molecule has 0 bridgehead atoms. The molecule has 1 heterocycles. The maximum Gasteiger partial charge on any atom is 0.407 e. The number of nitrogens with zero attached hydrogens (tertiary/aromatic N) is 2. The van der Waals surface area contributed by atoms with Crippen molar-refractivity contribution in [2.24, 2.45) is 4.99 Å². The highest BCUT2D eigenvalue weighted by atomic mass is 32.1. The molecular weight excluding hydrogens is 350 g/mol. The minimum Gasteiger partial charge on any atom is -0.444 e. The summed E-state index contributed by atoms with van der Waals surface area (Å²) in [6.45, 7) is 13.6. The smallest absolute Gasteiger partial charge is 0.407 e. The second-order valence-corrected chi connectivity index (χ2v) is 8.39. The van der Waals surface area contributed by atoms with Gasteiger partial charge in [0.05, 0.1) is 6.54 Å². The summed E-state index contributed by atoms with van der Waals surface area (Å²) in [4.78, 5) is 22.1. The van der Waals surface area contributed by atoms with E-state index < -0.39 is 11.7 Å². The number of hydrogen-bond acceptors (Lipinski definition) is 5. The Morgan fingerprint density at radius 3 is 2.62 bits per heavy atom. The summed E-state index contributed by atoms with van der Waals surface area (Å²) in [5.41, 5.74) is -0.503. The zero-order chi connectivity index (χ0) is 19.6. The molecule has 0 fully saturated rings. The van der Waals surface area contributed by atoms with Crippen molar-refractivity contribution in [1.82, 2.24) is 20.9 Å². The Balaban J connectivity index is 2.59. The Hall–Kier alpha value is -1.83. The first-order valence-electron chi connectivity index (χ1n) is 9.16. The first-order chi connectivity index (χ1) is 12.2. The Labute approximate surface area is 161 Å². The topological polar surface area (TPSA) is 87.6 Å². The van der Waals surface area contributed by atoms with Crippen molar-refractivity contribution < 1.29 is 9.53 Å². The van der Waals surface area contributed by atoms with Gasteiger partial charge in [-0.3, -0.25) is 0 Å². The molecule has 1 unspecified atom stereocenters. The average Bonchev–Trinajstić information content (AvgIpc) is 2.93. The van der Waals surface area contributed by atoms with Gasteiger partial charge in [-0.2, -0.15) is 0 Å². The van der Waals surface area contributed by atoms with E-state index in [1.54, 1.807) is 11.3 Å². The van der Waals surface area contributed by atoms with Crippen LogP contribution in [0, 0.1) is 6.92 Å². The van der Waals surface area contributed by atoms with Crippen molar-refractivity contribution >= 4 is 23.4 Å². The van der Waals surface area contributed by atoms with Gasteiger partial charge < -0.3 is 20.7 Å². The van der Waals surface area contributed by atoms with Gasteiger partial charge in [0.1, 0.15) is 10.6 Å². The lowest BCUT2D eigenvalue weighted by atomic mass is 10.1. The Kier molecular flexibility index (Phi) is 9.40. The highest BCUT2D eigenvalue weighted by molar-refractivity contribution is 7.11. The number of thiazole rings is 1. The van der Waals surface area contributed by atoms with Gasteiger partial charge in [0.15, 0.2) is 5.96 Å². The van der Waals surface area contributed by atoms with Crippen LogP contribution in [0.2, 0.25) is 0 Å². The number of amides is 1. The van der Waals surface area contributed by atoms with Crippen LogP contribution in [0.25, 0.3) is 0 Å². The SMILES string of the molecule is CCCC(CNC(=NCc1ncc(C)s1)NCC)NC(=O)OC(C)(C)C. The highest BCUT2D eigenvalue weighted by Gasteiger charge is 2.19. The van der Waals surface area contributed by atoms with Gasteiger partial charge >= 0.3 is 6.09 Å². The summed E-state index contributed by atoms with van der Waals surface area (Å²) < 4.78 is 5.35. The second kappa shape index (κ2) is 11.0. The van der Waals surface area contributed by atoms with Crippen molar-refractivity contribution in [1.29, 1.82) is 0 Å². The van der Waals surface area contributed by atoms with E-state index >= 15 is 0 Å². The van der Waals surface area contributed by atoms with Crippen LogP contribution < -0.4 is 16.0 Å². The highest BCUT2D eigenvalue weighted by Crippen LogP contribution is 2.11. The molecule has 7 nitrogen and oxygen atoms in total. The summed E-state index contributed by atoms with van der Waals surface area (Å²) in [6, 6.07) is -0.0270. The van der Waals surface area contributed by atoms with E-state index in [1.807, 2.05) is 40.8 Å². The van der Waals surface area contributed by atoms with Crippen LogP contribution in [0.1, 0.15) is 57.3 Å². The molecule has 0 saturated carbocycles. The zero-order valence-corrected chi connectivity index (χ0v) is 17.6. The molecule has 1 atom stereocenters. The van der Waals surface area contributed by atoms with Crippen LogP contribution in [0.3, 0.4) is 0 Å². The first-order valence-corrected chi connectivity index (χ1v) is 9.98. The number of nitrogens with one attached hydrogen (secondary N) is 3. The predicted octanol–water partition coefficient (Wildman–Crippen LogP) is 3.20. The van der Waals surface area contributed by atoms with Crippen LogP contribution >= 0.6 is 11.3 Å². The van der Waals surface area contributed by atoms with Gasteiger partial charge in [-0.1, -0.05) is 13.3 Å². The van der Waals surface area contributed by atoms with Gasteiger partial charge in [-0.15, -0.1) is 11.3 Å². The quantitative estimate of drug-likeness (QED) is 0.474. The molecule has 0 aliphatic rings. The molecule has 1 amide bonds. The standard InChI is InChI=1S/C18H33N5O2S/c1-7-9-14(23-17(24)25-18(4,5)6)11-21-16(19-8-2)22-12-15-20-10-13(3)26-15/h10,14H,7-9,11-12H2,1-6H3,(H,23,24)(H2,19,21,22). The Morgan fingerprint density at radius 2 is 2.08 bits per heavy atom. The number of hydrogen-bond donors (Lipinski definition) is 3. The fourth-order valence-corrected chi connectivity index (χ4v) is 2.94. The number of aryl methyl sites for hydroxylation is 1. The van der Waals surface area contributed by atoms with E-state index in [-0.39, 0.29) is 6.04 Å². The molecule has 26 heavy (non-hydrogen) atoms. The number of carbonyl (C=O) groups excluding carboxylic acids is 1. The zero-order valence-electron chi connectivity index (χ0n) is 16.8. The van der Waals surface area contributed by atoms with Crippen LogP contribution in [0.4, 0.5) is 4.79 Å². The lowest BCUT2D eigenvalue weighted by Gasteiger charge is -2.24. The number of alkyl carbamates (subject to hydrolysis) is 1. The Bertz CT molecular complexity index is 580. The van der Waals surface area contributed by atoms with Crippen molar-refractivity contribution in [2.75, 3.05) is 13.1 Å². The van der Waals surface area contributed by atoms with E-state index in [1.165, 1.54) is 4.88 Å². The normalized spacial score (nSPS) is 13.2. The summed E-state index contributed by atoms with van der Waals surface area (Å²) in [6.07, 6.45) is 3.29. The molecule has 148 valence electrons. The molecule has 1 rings (SSSR count). The van der Waals surface area contributed by atoms with Crippen LogP contribution in [0.5, 0.6) is 0 Å². The lowest BCUT2D eigenvalue weighted by molar-refractivity contribution is 0.0502. The van der Waals surface area contributed by atoms with E-state index in [2.05, 4.69) is 32.9 Å². The summed E-state index contributed by atoms with van der Waals surface area (Å²) in [7, 11) is 0. The molecule has 0 spiro atoms. The third-order valence-electron chi connectivity index (χ3n) is 3.26. The maximum atomic E-state index is 12.0. The molecule has 0 radical (unpaired) electrons. The molecule has 0 saturated heterocycles. The van der Waals surface area contributed by atoms with Crippen LogP contribution in [0.15, 0.2) is 11.2 Å². The molecule has 1 aromatic rings. The Morgan fingerprint density at radius 1 is 1.35 bits per heavy atom. The van der Waals surface area contributed by atoms with E-state index in [0.29, 0.717) is 19.0 Å². The molecule has 0 aliphatic heterocycles. The molecule has 0 aromatic carbocycles. The number of ether oxygens (including phenoxy) is 1. The number of guanidine groups is 1. The number of carbonyl (C=O) groups is 1. The van der Waals surface area contributed by atoms with Crippen LogP contribution in [-0.4, -0.2) is 41.8 Å². The van der Waals surface area contributed by atoms with E-state index in [0.717, 1.165) is 24.4 Å². The maximum absolute atomic E-state index is 12.0. The summed E-state index contributed by atoms with van der Waals surface area (Å²) in [5, 5.41) is 10.4. The van der Waals surface area contributed by atoms with Gasteiger partial charge in [-0.25, -0.2) is 14.8 Å². The first kappa shape index (κ1) is 22.2.